The lowest BCUT2D eigenvalue weighted by molar-refractivity contribution is -0.149. The fourth-order valence-corrected chi connectivity index (χ4v) is 6.21. The second-order valence-corrected chi connectivity index (χ2v) is 11.7. The molecular weight excluding hydrogens is 504 g/mol. The van der Waals surface area contributed by atoms with E-state index in [1.807, 2.05) is 0 Å². The number of hydrogen-bond donors (Lipinski definition) is 1. The lowest BCUT2D eigenvalue weighted by Gasteiger charge is -2.34. The number of nitrogens with zero attached hydrogens (tertiary/aromatic N) is 3. The van der Waals surface area contributed by atoms with Gasteiger partial charge in [0.05, 0.1) is 29.4 Å². The Kier molecular flexibility index (Phi) is 8.74. The fourth-order valence-electron chi connectivity index (χ4n) is 3.84. The first-order valence-corrected chi connectivity index (χ1v) is 13.6. The Hall–Kier alpha value is -1.99. The zero-order chi connectivity index (χ0) is 25.0. The van der Waals surface area contributed by atoms with Crippen molar-refractivity contribution >= 4 is 56.3 Å². The van der Waals surface area contributed by atoms with Gasteiger partial charge in [-0.1, -0.05) is 11.6 Å². The number of amides is 3. The van der Waals surface area contributed by atoms with Crippen molar-refractivity contribution in [3.05, 3.63) is 26.8 Å². The molecule has 2 fully saturated rings. The first-order valence-electron chi connectivity index (χ1n) is 10.8. The molecule has 10 nitrogen and oxygen atoms in total. The summed E-state index contributed by atoms with van der Waals surface area (Å²) in [6, 6.07) is 1.38. The highest BCUT2D eigenvalue weighted by atomic mass is 35.5. The average molecular weight is 533 g/mol. The second-order valence-electron chi connectivity index (χ2n) is 8.39. The molecule has 1 aromatic rings. The third-order valence-electron chi connectivity index (χ3n) is 5.69. The normalized spacial score (nSPS) is 20.5. The molecule has 0 aliphatic carbocycles. The van der Waals surface area contributed by atoms with Gasteiger partial charge in [-0.25, -0.2) is 8.42 Å². The van der Waals surface area contributed by atoms with Crippen molar-refractivity contribution in [2.24, 2.45) is 0 Å². The van der Waals surface area contributed by atoms with Crippen molar-refractivity contribution in [2.45, 2.75) is 31.8 Å². The van der Waals surface area contributed by atoms with E-state index in [0.717, 1.165) is 5.41 Å². The van der Waals surface area contributed by atoms with E-state index in [1.54, 1.807) is 38.1 Å². The van der Waals surface area contributed by atoms with Gasteiger partial charge >= 0.3 is 0 Å². The summed E-state index contributed by atoms with van der Waals surface area (Å²) in [6.45, 7) is 3.33. The maximum atomic E-state index is 13.2. The van der Waals surface area contributed by atoms with Crippen molar-refractivity contribution < 1.29 is 27.5 Å². The highest BCUT2D eigenvalue weighted by Gasteiger charge is 2.42. The minimum Gasteiger partial charge on any atom is -0.378 e. The van der Waals surface area contributed by atoms with Gasteiger partial charge in [-0.05, 0) is 31.1 Å². The third kappa shape index (κ3) is 6.57. The molecular formula is C21H29ClN4O6S2. The minimum atomic E-state index is -3.95. The number of morpholine rings is 1. The molecule has 2 aliphatic rings. The van der Waals surface area contributed by atoms with E-state index in [1.165, 1.54) is 21.1 Å². The molecule has 188 valence electrons. The van der Waals surface area contributed by atoms with Gasteiger partial charge in [-0.2, -0.15) is 4.72 Å². The van der Waals surface area contributed by atoms with Crippen LogP contribution in [-0.2, 0) is 29.1 Å². The van der Waals surface area contributed by atoms with Gasteiger partial charge in [0.25, 0.3) is 0 Å². The predicted molar refractivity (Wildman–Crippen MR) is 130 cm³/mol. The minimum absolute atomic E-state index is 0.163. The quantitative estimate of drug-likeness (QED) is 0.533. The first-order chi connectivity index (χ1) is 16.0. The monoisotopic (exact) mass is 532 g/mol. The number of thiophene rings is 1. The van der Waals surface area contributed by atoms with Crippen LogP contribution in [-0.4, -0.2) is 99.9 Å². The number of halogens is 1. The van der Waals surface area contributed by atoms with E-state index in [-0.39, 0.29) is 31.2 Å². The van der Waals surface area contributed by atoms with Crippen LogP contribution >= 0.6 is 22.9 Å². The molecule has 0 saturated carbocycles. The second kappa shape index (κ2) is 11.2. The Morgan fingerprint density at radius 3 is 2.56 bits per heavy atom. The number of sulfonamides is 1. The maximum Gasteiger partial charge on any atom is 0.246 e. The molecule has 1 N–H and O–H groups in total. The molecule has 0 bridgehead atoms. The van der Waals surface area contributed by atoms with Crippen LogP contribution in [0.5, 0.6) is 0 Å². The summed E-state index contributed by atoms with van der Waals surface area (Å²) in [5.74, 6) is -1.15. The third-order valence-corrected chi connectivity index (χ3v) is 8.33. The number of likely N-dealkylation sites (tertiary alicyclic amines) is 1. The summed E-state index contributed by atoms with van der Waals surface area (Å²) in [4.78, 5) is 43.8. The van der Waals surface area contributed by atoms with E-state index in [2.05, 4.69) is 4.72 Å². The van der Waals surface area contributed by atoms with Crippen molar-refractivity contribution in [3.8, 4) is 0 Å². The molecule has 2 atom stereocenters. The molecule has 2 aliphatic heterocycles. The predicted octanol–water partition coefficient (Wildman–Crippen LogP) is 0.988. The van der Waals surface area contributed by atoms with Crippen LogP contribution in [0.3, 0.4) is 0 Å². The van der Waals surface area contributed by atoms with Gasteiger partial charge in [-0.15, -0.1) is 11.3 Å². The molecule has 13 heteroatoms. The van der Waals surface area contributed by atoms with Gasteiger partial charge in [-0.3, -0.25) is 14.4 Å². The van der Waals surface area contributed by atoms with Crippen LogP contribution in [0.25, 0.3) is 5.57 Å². The van der Waals surface area contributed by atoms with Crippen molar-refractivity contribution in [1.82, 2.24) is 19.4 Å². The molecule has 0 aromatic carbocycles. The smallest absolute Gasteiger partial charge is 0.246 e. The van der Waals surface area contributed by atoms with Gasteiger partial charge in [0, 0.05) is 38.6 Å². The molecule has 0 radical (unpaired) electrons. The summed E-state index contributed by atoms with van der Waals surface area (Å²) in [5, 5.41) is 1.07. The number of ether oxygens (including phenoxy) is 1. The molecule has 3 rings (SSSR count). The van der Waals surface area contributed by atoms with Crippen LogP contribution in [0.15, 0.2) is 17.5 Å². The Labute approximate surface area is 208 Å². The molecule has 2 saturated heterocycles. The Morgan fingerprint density at radius 2 is 1.97 bits per heavy atom. The SMILES string of the molecule is CC(=CS(=O)(=O)N[C@H]1CCN([C@@H](CC(=O)N(C)C)C(=O)N2CCOCC2)C1=O)c1ccc(Cl)s1. The van der Waals surface area contributed by atoms with Gasteiger partial charge in [0.1, 0.15) is 12.1 Å². The number of carbonyl (C=O) groups is 3. The lowest BCUT2D eigenvalue weighted by Crippen LogP contribution is -2.54. The highest BCUT2D eigenvalue weighted by molar-refractivity contribution is 7.92. The lowest BCUT2D eigenvalue weighted by atomic mass is 10.1. The van der Waals surface area contributed by atoms with Crippen molar-refractivity contribution in [2.75, 3.05) is 46.9 Å². The van der Waals surface area contributed by atoms with Crippen LogP contribution < -0.4 is 4.72 Å². The van der Waals surface area contributed by atoms with Gasteiger partial charge in [0.2, 0.25) is 27.7 Å². The molecule has 0 spiro atoms. The number of hydrogen-bond acceptors (Lipinski definition) is 7. The van der Waals surface area contributed by atoms with Crippen LogP contribution in [0, 0.1) is 0 Å². The fraction of sp³-hybridized carbons (Fsp3) is 0.571. The van der Waals surface area contributed by atoms with Crippen molar-refractivity contribution in [3.63, 3.8) is 0 Å². The van der Waals surface area contributed by atoms with Crippen LogP contribution in [0.2, 0.25) is 4.34 Å². The average Bonchev–Trinajstić information content (AvgIpc) is 3.37. The van der Waals surface area contributed by atoms with Crippen LogP contribution in [0.4, 0.5) is 0 Å². The summed E-state index contributed by atoms with van der Waals surface area (Å²) in [6.07, 6.45) is 0.0192. The standard InChI is InChI=1S/C21H29ClN4O6S2/c1-14(17-4-5-18(22)33-17)13-34(30,31)23-15-6-7-26(20(15)28)16(12-19(27)24(2)3)21(29)25-8-10-32-11-9-25/h4-5,13,15-16,23H,6-12H2,1-3H3/t15-,16-/m0/s1. The number of allylic oxidation sites excluding steroid dienone is 1. The number of rotatable bonds is 8. The molecule has 34 heavy (non-hydrogen) atoms. The molecule has 3 heterocycles. The van der Waals surface area contributed by atoms with E-state index in [0.29, 0.717) is 41.1 Å². The summed E-state index contributed by atoms with van der Waals surface area (Å²) < 4.78 is 33.7. The molecule has 0 unspecified atom stereocenters. The Bertz CT molecular complexity index is 1070. The molecule has 3 amide bonds. The maximum absolute atomic E-state index is 13.2. The zero-order valence-corrected chi connectivity index (χ0v) is 21.7. The number of nitrogens with one attached hydrogen (secondary N) is 1. The van der Waals surface area contributed by atoms with Crippen molar-refractivity contribution in [1.29, 1.82) is 0 Å². The zero-order valence-electron chi connectivity index (χ0n) is 19.3. The van der Waals surface area contributed by atoms with E-state index in [9.17, 15) is 22.8 Å². The van der Waals surface area contributed by atoms with Crippen LogP contribution in [0.1, 0.15) is 24.6 Å². The van der Waals surface area contributed by atoms with Gasteiger partial charge in [0.15, 0.2) is 0 Å². The summed E-state index contributed by atoms with van der Waals surface area (Å²) in [5.41, 5.74) is 0.489. The largest absolute Gasteiger partial charge is 0.378 e. The van der Waals surface area contributed by atoms with E-state index >= 15 is 0 Å². The molecule has 1 aromatic heterocycles. The van der Waals surface area contributed by atoms with E-state index in [4.69, 9.17) is 16.3 Å². The van der Waals surface area contributed by atoms with E-state index < -0.39 is 28.0 Å². The highest BCUT2D eigenvalue weighted by Crippen LogP contribution is 2.28. The topological polar surface area (TPSA) is 116 Å². The first kappa shape index (κ1) is 26.6. The van der Waals surface area contributed by atoms with Gasteiger partial charge < -0.3 is 19.4 Å². The Morgan fingerprint density at radius 1 is 1.29 bits per heavy atom. The number of carbonyl (C=O) groups excluding carboxylic acids is 3. The summed E-state index contributed by atoms with van der Waals surface area (Å²) in [7, 11) is -0.785. The summed E-state index contributed by atoms with van der Waals surface area (Å²) >= 11 is 7.18. The Balaban J connectivity index is 1.75.